The molecule has 0 spiro atoms. The van der Waals surface area contributed by atoms with E-state index in [9.17, 15) is 18.0 Å². The van der Waals surface area contributed by atoms with Crippen LogP contribution in [0.4, 0.5) is 19.1 Å². The second-order valence-electron chi connectivity index (χ2n) is 6.03. The third-order valence-electron chi connectivity index (χ3n) is 4.48. The fourth-order valence-corrected chi connectivity index (χ4v) is 2.91. The number of carbonyl (C=O) groups excluding carboxylic acids is 1. The number of carbonyl (C=O) groups is 1. The van der Waals surface area contributed by atoms with Crippen molar-refractivity contribution < 1.29 is 18.0 Å². The van der Waals surface area contributed by atoms with Gasteiger partial charge in [0.2, 0.25) is 11.9 Å². The van der Waals surface area contributed by atoms with Gasteiger partial charge in [0, 0.05) is 38.3 Å². The first kappa shape index (κ1) is 16.0. The summed E-state index contributed by atoms with van der Waals surface area (Å²) in [7, 11) is 0. The van der Waals surface area contributed by atoms with Crippen LogP contribution in [0.5, 0.6) is 0 Å². The first-order valence-corrected chi connectivity index (χ1v) is 7.89. The molecule has 0 unspecified atom stereocenters. The van der Waals surface area contributed by atoms with E-state index in [1.807, 2.05) is 4.90 Å². The van der Waals surface area contributed by atoms with E-state index in [2.05, 4.69) is 9.97 Å². The highest BCUT2D eigenvalue weighted by Crippen LogP contribution is 2.30. The fourth-order valence-electron chi connectivity index (χ4n) is 2.91. The molecule has 0 aromatic carbocycles. The van der Waals surface area contributed by atoms with Crippen molar-refractivity contribution in [2.45, 2.75) is 31.9 Å². The summed E-state index contributed by atoms with van der Waals surface area (Å²) in [5.74, 6) is 0.409. The molecule has 0 atom stereocenters. The average Bonchev–Trinajstić information content (AvgIpc) is 2.70. The van der Waals surface area contributed by atoms with E-state index in [1.165, 1.54) is 0 Å². The minimum absolute atomic E-state index is 0.0813. The lowest BCUT2D eigenvalue weighted by molar-refractivity contribution is -0.141. The van der Waals surface area contributed by atoms with E-state index in [-0.39, 0.29) is 17.8 Å². The van der Waals surface area contributed by atoms with Crippen LogP contribution in [-0.2, 0) is 11.0 Å². The van der Waals surface area contributed by atoms with Crippen molar-refractivity contribution in [1.82, 2.24) is 14.9 Å². The van der Waals surface area contributed by atoms with Gasteiger partial charge >= 0.3 is 6.18 Å². The number of aromatic nitrogens is 2. The van der Waals surface area contributed by atoms with Crippen molar-refractivity contribution >= 4 is 11.9 Å². The van der Waals surface area contributed by atoms with E-state index in [0.29, 0.717) is 32.6 Å². The van der Waals surface area contributed by atoms with Crippen LogP contribution in [0.25, 0.3) is 0 Å². The van der Waals surface area contributed by atoms with E-state index in [0.717, 1.165) is 31.5 Å². The van der Waals surface area contributed by atoms with E-state index >= 15 is 0 Å². The summed E-state index contributed by atoms with van der Waals surface area (Å²) in [4.78, 5) is 23.4. The highest BCUT2D eigenvalue weighted by molar-refractivity contribution is 5.79. The molecule has 1 amide bonds. The maximum atomic E-state index is 12.8. The molecule has 0 radical (unpaired) electrons. The molecular formula is C15H19F3N4O. The molecular weight excluding hydrogens is 309 g/mol. The summed E-state index contributed by atoms with van der Waals surface area (Å²) in [5, 5.41) is 0. The first-order chi connectivity index (χ1) is 10.9. The summed E-state index contributed by atoms with van der Waals surface area (Å²) < 4.78 is 38.3. The minimum atomic E-state index is -4.48. The molecule has 1 aliphatic heterocycles. The van der Waals surface area contributed by atoms with Crippen molar-refractivity contribution in [3.63, 3.8) is 0 Å². The number of nitrogens with zero attached hydrogens (tertiary/aromatic N) is 4. The Kier molecular flexibility index (Phi) is 4.41. The average molecular weight is 328 g/mol. The molecule has 1 aromatic rings. The number of anilines is 1. The van der Waals surface area contributed by atoms with Crippen LogP contribution < -0.4 is 4.90 Å². The van der Waals surface area contributed by atoms with Crippen molar-refractivity contribution in [3.8, 4) is 0 Å². The topological polar surface area (TPSA) is 49.3 Å². The van der Waals surface area contributed by atoms with Crippen molar-refractivity contribution in [2.75, 3.05) is 31.1 Å². The van der Waals surface area contributed by atoms with Crippen LogP contribution in [-0.4, -0.2) is 47.0 Å². The zero-order chi connectivity index (χ0) is 16.4. The van der Waals surface area contributed by atoms with Crippen LogP contribution in [0.3, 0.4) is 0 Å². The fraction of sp³-hybridized carbons (Fsp3) is 0.667. The van der Waals surface area contributed by atoms with Crippen LogP contribution >= 0.6 is 0 Å². The van der Waals surface area contributed by atoms with Gasteiger partial charge in [-0.25, -0.2) is 9.97 Å². The lowest BCUT2D eigenvalue weighted by Crippen LogP contribution is -2.41. The van der Waals surface area contributed by atoms with Gasteiger partial charge in [-0.1, -0.05) is 6.42 Å². The zero-order valence-electron chi connectivity index (χ0n) is 12.7. The van der Waals surface area contributed by atoms with Gasteiger partial charge in [-0.05, 0) is 25.3 Å². The predicted octanol–water partition coefficient (Wildman–Crippen LogP) is 2.33. The van der Waals surface area contributed by atoms with E-state index in [4.69, 9.17) is 0 Å². The molecule has 0 N–H and O–H groups in total. The highest BCUT2D eigenvalue weighted by atomic mass is 19.4. The highest BCUT2D eigenvalue weighted by Gasteiger charge is 2.34. The normalized spacial score (nSPS) is 20.1. The van der Waals surface area contributed by atoms with Gasteiger partial charge in [0.15, 0.2) is 0 Å². The summed E-state index contributed by atoms with van der Waals surface area (Å²) in [6, 6.07) is 0.869. The second-order valence-corrected chi connectivity index (χ2v) is 6.03. The number of hydrogen-bond acceptors (Lipinski definition) is 4. The van der Waals surface area contributed by atoms with Gasteiger partial charge in [-0.2, -0.15) is 13.2 Å². The van der Waals surface area contributed by atoms with Crippen molar-refractivity contribution in [1.29, 1.82) is 0 Å². The molecule has 2 fully saturated rings. The molecule has 2 heterocycles. The van der Waals surface area contributed by atoms with Gasteiger partial charge in [0.25, 0.3) is 0 Å². The summed E-state index contributed by atoms with van der Waals surface area (Å²) in [5.41, 5.74) is -0.936. The molecule has 3 rings (SSSR count). The second kappa shape index (κ2) is 6.33. The third kappa shape index (κ3) is 3.56. The number of alkyl halides is 3. The molecule has 1 saturated carbocycles. The molecule has 23 heavy (non-hydrogen) atoms. The lowest BCUT2D eigenvalue weighted by atomic mass is 9.84. The van der Waals surface area contributed by atoms with Crippen LogP contribution in [0.1, 0.15) is 31.4 Å². The Bertz CT molecular complexity index is 574. The zero-order valence-corrected chi connectivity index (χ0v) is 12.7. The lowest BCUT2D eigenvalue weighted by Gasteiger charge is -2.31. The van der Waals surface area contributed by atoms with Crippen molar-refractivity contribution in [3.05, 3.63) is 18.0 Å². The van der Waals surface area contributed by atoms with Crippen molar-refractivity contribution in [2.24, 2.45) is 5.92 Å². The largest absolute Gasteiger partial charge is 0.433 e. The Morgan fingerprint density at radius 1 is 1.13 bits per heavy atom. The molecule has 2 aliphatic rings. The standard InChI is InChI=1S/C15H19F3N4O/c16-15(17,18)12-5-6-19-14(20-12)22-8-2-7-21(9-10-22)13(23)11-3-1-4-11/h5-6,11H,1-4,7-10H2. The first-order valence-electron chi connectivity index (χ1n) is 7.89. The number of hydrogen-bond donors (Lipinski definition) is 0. The van der Waals surface area contributed by atoms with Crippen LogP contribution in [0, 0.1) is 5.92 Å². The van der Waals surface area contributed by atoms with Gasteiger partial charge in [0.05, 0.1) is 0 Å². The van der Waals surface area contributed by atoms with E-state index in [1.54, 1.807) is 4.90 Å². The van der Waals surface area contributed by atoms with Gasteiger partial charge in [-0.15, -0.1) is 0 Å². The quantitative estimate of drug-likeness (QED) is 0.836. The Balaban J connectivity index is 1.67. The molecule has 0 bridgehead atoms. The maximum Gasteiger partial charge on any atom is 0.433 e. The van der Waals surface area contributed by atoms with Gasteiger partial charge in [-0.3, -0.25) is 4.79 Å². The van der Waals surface area contributed by atoms with Gasteiger partial charge < -0.3 is 9.80 Å². The molecule has 1 aliphatic carbocycles. The summed E-state index contributed by atoms with van der Waals surface area (Å²) >= 11 is 0. The van der Waals surface area contributed by atoms with Gasteiger partial charge in [0.1, 0.15) is 5.69 Å². The van der Waals surface area contributed by atoms with E-state index < -0.39 is 11.9 Å². The Labute approximate surface area is 132 Å². The molecule has 1 saturated heterocycles. The predicted molar refractivity (Wildman–Crippen MR) is 77.8 cm³/mol. The molecule has 5 nitrogen and oxygen atoms in total. The number of rotatable bonds is 2. The third-order valence-corrected chi connectivity index (χ3v) is 4.48. The molecule has 8 heteroatoms. The molecule has 126 valence electrons. The van der Waals surface area contributed by atoms with Crippen LogP contribution in [0.2, 0.25) is 0 Å². The monoisotopic (exact) mass is 328 g/mol. The van der Waals surface area contributed by atoms with Crippen LogP contribution in [0.15, 0.2) is 12.3 Å². The Hall–Kier alpha value is -1.86. The maximum absolute atomic E-state index is 12.8. The summed E-state index contributed by atoms with van der Waals surface area (Å²) in [6.45, 7) is 2.16. The minimum Gasteiger partial charge on any atom is -0.341 e. The Morgan fingerprint density at radius 3 is 2.57 bits per heavy atom. The molecule has 1 aromatic heterocycles. The smallest absolute Gasteiger partial charge is 0.341 e. The SMILES string of the molecule is O=C(C1CCC1)N1CCCN(c2nccc(C(F)(F)F)n2)CC1. The Morgan fingerprint density at radius 2 is 1.91 bits per heavy atom. The number of halogens is 3. The number of amides is 1. The summed E-state index contributed by atoms with van der Waals surface area (Å²) in [6.07, 6.45) is 0.376.